The molecule has 0 aliphatic rings. The second-order valence-electron chi connectivity index (χ2n) is 7.23. The first kappa shape index (κ1) is 22.2. The van der Waals surface area contributed by atoms with E-state index in [1.165, 1.54) is 16.3 Å². The van der Waals surface area contributed by atoms with Crippen LogP contribution in [0.1, 0.15) is 37.7 Å². The number of aromatic nitrogens is 3. The zero-order valence-electron chi connectivity index (χ0n) is 18.1. The van der Waals surface area contributed by atoms with Crippen molar-refractivity contribution in [2.45, 2.75) is 39.3 Å². The predicted octanol–water partition coefficient (Wildman–Crippen LogP) is 4.04. The number of nitrogens with one attached hydrogen (secondary N) is 2. The van der Waals surface area contributed by atoms with Crippen LogP contribution in [-0.2, 0) is 13.0 Å². The Kier molecular flexibility index (Phi) is 8.56. The third kappa shape index (κ3) is 5.98. The largest absolute Gasteiger partial charge is 0.355 e. The molecule has 0 aliphatic heterocycles. The summed E-state index contributed by atoms with van der Waals surface area (Å²) in [6.07, 6.45) is 5.88. The van der Waals surface area contributed by atoms with Gasteiger partial charge in [-0.1, -0.05) is 49.4 Å². The van der Waals surface area contributed by atoms with Crippen molar-refractivity contribution in [1.82, 2.24) is 25.4 Å². The minimum absolute atomic E-state index is 0.143. The summed E-state index contributed by atoms with van der Waals surface area (Å²) in [6.45, 7) is 6.67. The molecule has 1 heterocycles. The van der Waals surface area contributed by atoms with Crippen molar-refractivity contribution in [3.8, 4) is 0 Å². The van der Waals surface area contributed by atoms with Gasteiger partial charge in [0.15, 0.2) is 5.96 Å². The van der Waals surface area contributed by atoms with Gasteiger partial charge in [0.25, 0.3) is 0 Å². The maximum atomic E-state index is 4.81. The summed E-state index contributed by atoms with van der Waals surface area (Å²) in [6, 6.07) is 15.1. The molecular formula is C23H32N6S. The van der Waals surface area contributed by atoms with Crippen LogP contribution >= 0.6 is 11.8 Å². The van der Waals surface area contributed by atoms with Crippen LogP contribution in [0.15, 0.2) is 53.8 Å². The fourth-order valence-electron chi connectivity index (χ4n) is 3.50. The number of thioether (sulfide) groups is 1. The second kappa shape index (κ2) is 11.6. The first-order valence-corrected chi connectivity index (χ1v) is 12.0. The van der Waals surface area contributed by atoms with E-state index in [0.717, 1.165) is 50.0 Å². The Morgan fingerprint density at radius 1 is 1.20 bits per heavy atom. The van der Waals surface area contributed by atoms with E-state index in [1.54, 1.807) is 6.33 Å². The summed E-state index contributed by atoms with van der Waals surface area (Å²) in [5.41, 5.74) is 1.28. The number of guanidine groups is 1. The Hall–Kier alpha value is -2.54. The highest BCUT2D eigenvalue weighted by atomic mass is 32.2. The lowest BCUT2D eigenvalue weighted by molar-refractivity contribution is 0.619. The van der Waals surface area contributed by atoms with Crippen molar-refractivity contribution in [3.63, 3.8) is 0 Å². The summed E-state index contributed by atoms with van der Waals surface area (Å²) in [4.78, 5) is 4.81. The number of nitrogens with zero attached hydrogens (tertiary/aromatic N) is 4. The highest BCUT2D eigenvalue weighted by molar-refractivity contribution is 7.98. The highest BCUT2D eigenvalue weighted by Gasteiger charge is 2.11. The molecule has 3 rings (SSSR count). The van der Waals surface area contributed by atoms with Crippen LogP contribution < -0.4 is 10.6 Å². The monoisotopic (exact) mass is 424 g/mol. The maximum Gasteiger partial charge on any atom is 0.191 e. The molecule has 0 fully saturated rings. The van der Waals surface area contributed by atoms with Crippen molar-refractivity contribution in [2.24, 2.45) is 4.99 Å². The van der Waals surface area contributed by atoms with Gasteiger partial charge in [-0.2, -0.15) is 11.8 Å². The zero-order chi connectivity index (χ0) is 21.2. The molecule has 2 aromatic carbocycles. The lowest BCUT2D eigenvalue weighted by atomic mass is 10.00. The van der Waals surface area contributed by atoms with E-state index in [2.05, 4.69) is 88.0 Å². The van der Waals surface area contributed by atoms with Crippen LogP contribution in [0.4, 0.5) is 0 Å². The molecule has 0 saturated carbocycles. The van der Waals surface area contributed by atoms with Gasteiger partial charge >= 0.3 is 0 Å². The Morgan fingerprint density at radius 3 is 2.87 bits per heavy atom. The van der Waals surface area contributed by atoms with E-state index in [4.69, 9.17) is 4.99 Å². The molecule has 160 valence electrons. The number of hydrogen-bond donors (Lipinski definition) is 2. The standard InChI is InChI=1S/C23H32N6S/c1-4-22-28-26-17-29(22)15-14-25-23(24-13-8-16-30-3)27-18(2)20-12-7-10-19-9-5-6-11-21(19)20/h5-7,9-12,17-18H,4,8,13-16H2,1-3H3,(H2,24,25,27). The summed E-state index contributed by atoms with van der Waals surface area (Å²) in [5.74, 6) is 2.98. The number of aliphatic imine (C=N–C) groups is 1. The average molecular weight is 425 g/mol. The summed E-state index contributed by atoms with van der Waals surface area (Å²) < 4.78 is 2.09. The van der Waals surface area contributed by atoms with Crippen LogP contribution in [0, 0.1) is 0 Å². The first-order chi connectivity index (χ1) is 14.7. The van der Waals surface area contributed by atoms with Crippen molar-refractivity contribution in [3.05, 3.63) is 60.2 Å². The quantitative estimate of drug-likeness (QED) is 0.292. The Morgan fingerprint density at radius 2 is 2.03 bits per heavy atom. The van der Waals surface area contributed by atoms with Gasteiger partial charge in [-0.15, -0.1) is 10.2 Å². The van der Waals surface area contributed by atoms with E-state index < -0.39 is 0 Å². The SMILES string of the molecule is CCc1nncn1CCNC(=NCCCSC)NC(C)c1cccc2ccccc12. The van der Waals surface area contributed by atoms with Crippen molar-refractivity contribution < 1.29 is 0 Å². The van der Waals surface area contributed by atoms with Crippen LogP contribution in [-0.4, -0.2) is 45.8 Å². The molecule has 0 bridgehead atoms. The summed E-state index contributed by atoms with van der Waals surface area (Å²) in [7, 11) is 0. The fourth-order valence-corrected chi connectivity index (χ4v) is 3.92. The molecule has 2 N–H and O–H groups in total. The molecule has 30 heavy (non-hydrogen) atoms. The number of hydrogen-bond acceptors (Lipinski definition) is 4. The zero-order valence-corrected chi connectivity index (χ0v) is 19.0. The summed E-state index contributed by atoms with van der Waals surface area (Å²) >= 11 is 1.86. The Bertz CT molecular complexity index is 946. The first-order valence-electron chi connectivity index (χ1n) is 10.6. The molecule has 0 aliphatic carbocycles. The van der Waals surface area contributed by atoms with Crippen LogP contribution in [0.3, 0.4) is 0 Å². The van der Waals surface area contributed by atoms with Crippen LogP contribution in [0.2, 0.25) is 0 Å². The van der Waals surface area contributed by atoms with Gasteiger partial charge in [-0.3, -0.25) is 4.99 Å². The average Bonchev–Trinajstić information content (AvgIpc) is 3.23. The molecule has 0 amide bonds. The Balaban J connectivity index is 1.68. The second-order valence-corrected chi connectivity index (χ2v) is 8.22. The van der Waals surface area contributed by atoms with E-state index in [0.29, 0.717) is 0 Å². The minimum Gasteiger partial charge on any atom is -0.355 e. The molecule has 1 unspecified atom stereocenters. The third-order valence-electron chi connectivity index (χ3n) is 5.08. The van der Waals surface area contributed by atoms with Crippen molar-refractivity contribution in [1.29, 1.82) is 0 Å². The smallest absolute Gasteiger partial charge is 0.191 e. The van der Waals surface area contributed by atoms with E-state index in [9.17, 15) is 0 Å². The van der Waals surface area contributed by atoms with E-state index in [-0.39, 0.29) is 6.04 Å². The fraction of sp³-hybridized carbons (Fsp3) is 0.435. The van der Waals surface area contributed by atoms with Gasteiger partial charge in [0.05, 0.1) is 6.04 Å². The molecule has 1 aromatic heterocycles. The van der Waals surface area contributed by atoms with Crippen molar-refractivity contribution >= 4 is 28.5 Å². The number of benzene rings is 2. The van der Waals surface area contributed by atoms with Gasteiger partial charge in [0.2, 0.25) is 0 Å². The molecule has 7 heteroatoms. The topological polar surface area (TPSA) is 67.1 Å². The van der Waals surface area contributed by atoms with Crippen LogP contribution in [0.5, 0.6) is 0 Å². The van der Waals surface area contributed by atoms with Gasteiger partial charge in [0.1, 0.15) is 12.2 Å². The number of rotatable bonds is 10. The van der Waals surface area contributed by atoms with Gasteiger partial charge < -0.3 is 15.2 Å². The van der Waals surface area contributed by atoms with E-state index >= 15 is 0 Å². The molecule has 0 spiro atoms. The lowest BCUT2D eigenvalue weighted by Crippen LogP contribution is -2.40. The van der Waals surface area contributed by atoms with E-state index in [1.807, 2.05) is 11.8 Å². The normalized spacial score (nSPS) is 12.8. The lowest BCUT2D eigenvalue weighted by Gasteiger charge is -2.20. The molecule has 1 atom stereocenters. The number of aryl methyl sites for hydroxylation is 1. The molecule has 6 nitrogen and oxygen atoms in total. The minimum atomic E-state index is 0.143. The predicted molar refractivity (Wildman–Crippen MR) is 128 cm³/mol. The highest BCUT2D eigenvalue weighted by Crippen LogP contribution is 2.23. The van der Waals surface area contributed by atoms with Crippen molar-refractivity contribution in [2.75, 3.05) is 25.1 Å². The van der Waals surface area contributed by atoms with Gasteiger partial charge in [-0.05, 0) is 41.7 Å². The van der Waals surface area contributed by atoms with Gasteiger partial charge in [0, 0.05) is 26.1 Å². The molecule has 0 radical (unpaired) electrons. The molecule has 3 aromatic rings. The number of fused-ring (bicyclic) bond motifs is 1. The molecular weight excluding hydrogens is 392 g/mol. The maximum absolute atomic E-state index is 4.81. The van der Waals surface area contributed by atoms with Gasteiger partial charge in [-0.25, -0.2) is 0 Å². The Labute approximate surface area is 183 Å². The third-order valence-corrected chi connectivity index (χ3v) is 5.77. The summed E-state index contributed by atoms with van der Waals surface area (Å²) in [5, 5.41) is 17.8. The molecule has 0 saturated heterocycles. The van der Waals surface area contributed by atoms with Crippen LogP contribution in [0.25, 0.3) is 10.8 Å².